The number of amides is 1. The number of fused-ring (bicyclic) bond motifs is 1. The van der Waals surface area contributed by atoms with Gasteiger partial charge in [0, 0.05) is 28.3 Å². The van der Waals surface area contributed by atoms with Crippen molar-refractivity contribution in [2.45, 2.75) is 18.5 Å². The number of hydrogen-bond acceptors (Lipinski definition) is 6. The van der Waals surface area contributed by atoms with E-state index >= 15 is 0 Å². The molecule has 3 aromatic rings. The zero-order valence-corrected chi connectivity index (χ0v) is 19.7. The van der Waals surface area contributed by atoms with Gasteiger partial charge in [0.1, 0.15) is 5.04 Å². The number of nitrogens with one attached hydrogen (secondary N) is 2. The van der Waals surface area contributed by atoms with Crippen LogP contribution >= 0.6 is 27.7 Å². The zero-order valence-electron chi connectivity index (χ0n) is 17.3. The fraction of sp³-hybridized carbons (Fsp3) is 0.250. The van der Waals surface area contributed by atoms with Gasteiger partial charge in [-0.15, -0.1) is 0 Å². The summed E-state index contributed by atoms with van der Waals surface area (Å²) in [4.78, 5) is 27.2. The molecule has 0 radical (unpaired) electrons. The highest BCUT2D eigenvalue weighted by atomic mass is 79.9. The SMILES string of the molecule is O=C(CSC1=NC2(CCNCC2)N=C1c1ccc(Br)cc1)Nc1cnc2ccccc2c1. The standard InChI is InChI=1S/C24H22BrN5OS/c25-18-7-5-16(6-8-18)22-23(30-24(29-22)9-11-26-12-10-24)32-15-21(31)28-19-13-17-3-1-2-4-20(17)27-14-19/h1-8,13-14,26H,9-12,15H2,(H,28,31). The van der Waals surface area contributed by atoms with Crippen LogP contribution in [0.5, 0.6) is 0 Å². The van der Waals surface area contributed by atoms with Crippen molar-refractivity contribution in [1.29, 1.82) is 0 Å². The lowest BCUT2D eigenvalue weighted by Crippen LogP contribution is -2.38. The molecule has 5 rings (SSSR count). The Labute approximate surface area is 199 Å². The van der Waals surface area contributed by atoms with Crippen molar-refractivity contribution in [2.24, 2.45) is 9.98 Å². The van der Waals surface area contributed by atoms with E-state index in [2.05, 4.69) is 31.5 Å². The summed E-state index contributed by atoms with van der Waals surface area (Å²) in [7, 11) is 0. The summed E-state index contributed by atoms with van der Waals surface area (Å²) in [6.45, 7) is 1.79. The van der Waals surface area contributed by atoms with Gasteiger partial charge in [-0.05, 0) is 37.4 Å². The first kappa shape index (κ1) is 21.3. The topological polar surface area (TPSA) is 78.7 Å². The van der Waals surface area contributed by atoms with Crippen molar-refractivity contribution < 1.29 is 4.79 Å². The van der Waals surface area contributed by atoms with Gasteiger partial charge >= 0.3 is 0 Å². The van der Waals surface area contributed by atoms with Gasteiger partial charge in [0.2, 0.25) is 5.91 Å². The smallest absolute Gasteiger partial charge is 0.234 e. The van der Waals surface area contributed by atoms with E-state index in [1.165, 1.54) is 11.8 Å². The predicted octanol–water partition coefficient (Wildman–Crippen LogP) is 4.65. The van der Waals surface area contributed by atoms with Gasteiger partial charge in [-0.2, -0.15) is 0 Å². The number of nitrogens with zero attached hydrogens (tertiary/aromatic N) is 3. The minimum absolute atomic E-state index is 0.0869. The number of aliphatic imine (C=N–C) groups is 2. The van der Waals surface area contributed by atoms with Crippen LogP contribution in [0.4, 0.5) is 5.69 Å². The molecule has 162 valence electrons. The van der Waals surface area contributed by atoms with E-state index in [0.29, 0.717) is 5.69 Å². The fourth-order valence-corrected chi connectivity index (χ4v) is 5.08. The number of pyridine rings is 1. The summed E-state index contributed by atoms with van der Waals surface area (Å²) in [5.41, 5.74) is 3.09. The van der Waals surface area contributed by atoms with Crippen molar-refractivity contribution in [3.05, 3.63) is 70.8 Å². The third-order valence-corrected chi connectivity index (χ3v) is 7.06. The average molecular weight is 508 g/mol. The maximum absolute atomic E-state index is 12.7. The van der Waals surface area contributed by atoms with E-state index in [1.54, 1.807) is 6.20 Å². The Kier molecular flexibility index (Phi) is 6.08. The largest absolute Gasteiger partial charge is 0.324 e. The molecule has 1 amide bonds. The molecular weight excluding hydrogens is 486 g/mol. The van der Waals surface area contributed by atoms with E-state index < -0.39 is 5.66 Å². The zero-order chi connectivity index (χ0) is 22.0. The normalized spacial score (nSPS) is 17.3. The lowest BCUT2D eigenvalue weighted by Gasteiger charge is -2.27. The van der Waals surface area contributed by atoms with Gasteiger partial charge in [0.25, 0.3) is 0 Å². The molecule has 1 spiro atoms. The summed E-state index contributed by atoms with van der Waals surface area (Å²) in [6, 6.07) is 17.9. The Bertz CT molecular complexity index is 1220. The van der Waals surface area contributed by atoms with Crippen LogP contribution in [0.3, 0.4) is 0 Å². The summed E-state index contributed by atoms with van der Waals surface area (Å²) < 4.78 is 1.02. The van der Waals surface area contributed by atoms with Crippen LogP contribution in [0.15, 0.2) is 75.3 Å². The Morgan fingerprint density at radius 3 is 2.69 bits per heavy atom. The van der Waals surface area contributed by atoms with Crippen LogP contribution in [0.1, 0.15) is 18.4 Å². The van der Waals surface area contributed by atoms with Crippen molar-refractivity contribution in [2.75, 3.05) is 24.2 Å². The number of carbonyl (C=O) groups excluding carboxylic acids is 1. The van der Waals surface area contributed by atoms with E-state index in [-0.39, 0.29) is 11.7 Å². The predicted molar refractivity (Wildman–Crippen MR) is 136 cm³/mol. The molecular formula is C24H22BrN5OS. The molecule has 0 unspecified atom stereocenters. The van der Waals surface area contributed by atoms with Gasteiger partial charge in [-0.25, -0.2) is 4.99 Å². The highest BCUT2D eigenvalue weighted by molar-refractivity contribution is 9.10. The van der Waals surface area contributed by atoms with Crippen molar-refractivity contribution in [1.82, 2.24) is 10.3 Å². The summed E-state index contributed by atoms with van der Waals surface area (Å²) in [6.07, 6.45) is 3.43. The second-order valence-electron chi connectivity index (χ2n) is 7.87. The number of rotatable bonds is 4. The first-order chi connectivity index (χ1) is 15.6. The minimum atomic E-state index is -0.408. The van der Waals surface area contributed by atoms with Gasteiger partial charge in [0.15, 0.2) is 5.66 Å². The van der Waals surface area contributed by atoms with Crippen molar-refractivity contribution in [3.63, 3.8) is 0 Å². The first-order valence-corrected chi connectivity index (χ1v) is 12.3. The quantitative estimate of drug-likeness (QED) is 0.538. The molecule has 6 nitrogen and oxygen atoms in total. The molecule has 1 saturated heterocycles. The number of hydrogen-bond donors (Lipinski definition) is 2. The maximum atomic E-state index is 12.7. The molecule has 2 aromatic carbocycles. The van der Waals surface area contributed by atoms with Crippen LogP contribution in [0.25, 0.3) is 10.9 Å². The Morgan fingerprint density at radius 2 is 1.88 bits per heavy atom. The molecule has 0 saturated carbocycles. The molecule has 2 aliphatic heterocycles. The molecule has 0 aliphatic carbocycles. The molecule has 1 aromatic heterocycles. The Hall–Kier alpha value is -2.55. The van der Waals surface area contributed by atoms with Crippen LogP contribution < -0.4 is 10.6 Å². The molecule has 3 heterocycles. The second kappa shape index (κ2) is 9.13. The summed E-state index contributed by atoms with van der Waals surface area (Å²) >= 11 is 4.94. The van der Waals surface area contributed by atoms with Crippen LogP contribution in [-0.4, -0.2) is 46.2 Å². The Morgan fingerprint density at radius 1 is 1.09 bits per heavy atom. The molecule has 0 atom stereocenters. The highest BCUT2D eigenvalue weighted by Crippen LogP contribution is 2.34. The van der Waals surface area contributed by atoms with Gasteiger partial charge in [-0.1, -0.05) is 58.0 Å². The molecule has 2 aliphatic rings. The Balaban J connectivity index is 1.31. The monoisotopic (exact) mass is 507 g/mol. The average Bonchev–Trinajstić information content (AvgIpc) is 3.16. The lowest BCUT2D eigenvalue weighted by atomic mass is 10.0. The van der Waals surface area contributed by atoms with Crippen molar-refractivity contribution in [3.8, 4) is 0 Å². The van der Waals surface area contributed by atoms with Crippen LogP contribution in [0, 0.1) is 0 Å². The molecule has 8 heteroatoms. The van der Waals surface area contributed by atoms with Gasteiger partial charge in [0.05, 0.1) is 28.9 Å². The third kappa shape index (κ3) is 4.62. The molecule has 32 heavy (non-hydrogen) atoms. The summed E-state index contributed by atoms with van der Waals surface area (Å²) in [5.74, 6) is 0.173. The number of piperidine rings is 1. The van der Waals surface area contributed by atoms with Crippen molar-refractivity contribution >= 4 is 60.9 Å². The van der Waals surface area contributed by atoms with Crippen LogP contribution in [0.2, 0.25) is 0 Å². The number of para-hydroxylation sites is 1. The minimum Gasteiger partial charge on any atom is -0.324 e. The first-order valence-electron chi connectivity index (χ1n) is 10.5. The van der Waals surface area contributed by atoms with E-state index in [0.717, 1.165) is 57.6 Å². The second-order valence-corrected chi connectivity index (χ2v) is 9.75. The summed E-state index contributed by atoms with van der Waals surface area (Å²) in [5, 5.41) is 8.17. The van der Waals surface area contributed by atoms with E-state index in [9.17, 15) is 4.79 Å². The number of benzene rings is 2. The molecule has 1 fully saturated rings. The van der Waals surface area contributed by atoms with Crippen LogP contribution in [-0.2, 0) is 4.79 Å². The number of aromatic nitrogens is 1. The van der Waals surface area contributed by atoms with E-state index in [1.807, 2.05) is 54.6 Å². The number of carbonyl (C=O) groups is 1. The molecule has 0 bridgehead atoms. The number of thioether (sulfide) groups is 1. The number of halogens is 1. The fourth-order valence-electron chi connectivity index (χ4n) is 3.94. The maximum Gasteiger partial charge on any atom is 0.234 e. The van der Waals surface area contributed by atoms with Gasteiger partial charge < -0.3 is 10.6 Å². The lowest BCUT2D eigenvalue weighted by molar-refractivity contribution is -0.113. The number of anilines is 1. The third-order valence-electron chi connectivity index (χ3n) is 5.57. The molecule has 2 N–H and O–H groups in total. The van der Waals surface area contributed by atoms with E-state index in [4.69, 9.17) is 9.98 Å². The van der Waals surface area contributed by atoms with Gasteiger partial charge in [-0.3, -0.25) is 14.8 Å². The highest BCUT2D eigenvalue weighted by Gasteiger charge is 2.37.